The molecule has 9 aliphatic rings. The molecule has 13 rings (SSSR count). The molecule has 4 atom stereocenters. The molecule has 8 bridgehead atoms. The highest BCUT2D eigenvalue weighted by Gasteiger charge is 2.63. The van der Waals surface area contributed by atoms with E-state index in [4.69, 9.17) is 11.5 Å². The Hall–Kier alpha value is -3.92. The van der Waals surface area contributed by atoms with Crippen LogP contribution in [0.25, 0.3) is 11.1 Å². The Labute approximate surface area is 391 Å². The van der Waals surface area contributed by atoms with Gasteiger partial charge in [-0.05, 0) is 205 Å². The molecular weight excluding hydrogens is 793 g/mol. The summed E-state index contributed by atoms with van der Waals surface area (Å²) in [6.45, 7) is 14.7. The zero-order valence-corrected chi connectivity index (χ0v) is 41.0. The van der Waals surface area contributed by atoms with Crippen molar-refractivity contribution in [2.75, 3.05) is 11.5 Å². The smallest absolute Gasteiger partial charge is 0.142 e. The van der Waals surface area contributed by atoms with Gasteiger partial charge in [-0.3, -0.25) is 0 Å². The average Bonchev–Trinajstić information content (AvgIpc) is 3.50. The molecule has 4 unspecified atom stereocenters. The lowest BCUT2D eigenvalue weighted by atomic mass is 9.39. The highest BCUT2D eigenvalue weighted by molar-refractivity contribution is 5.88. The minimum absolute atomic E-state index is 0.131. The fourth-order valence-corrected chi connectivity index (χ4v) is 19.1. The van der Waals surface area contributed by atoms with E-state index < -0.39 is 5.41 Å². The van der Waals surface area contributed by atoms with Crippen LogP contribution in [-0.4, -0.2) is 10.2 Å². The van der Waals surface area contributed by atoms with E-state index in [0.717, 1.165) is 73.6 Å². The zero-order valence-electron chi connectivity index (χ0n) is 41.0. The first-order valence-corrected chi connectivity index (χ1v) is 26.5. The fraction of sp³-hybridized carbons (Fsp3) is 0.607. The molecular formula is C61H80N2O2. The first-order valence-electron chi connectivity index (χ1n) is 26.5. The van der Waals surface area contributed by atoms with Gasteiger partial charge in [-0.1, -0.05) is 116 Å². The first-order chi connectivity index (χ1) is 31.0. The lowest BCUT2D eigenvalue weighted by Gasteiger charge is -2.65. The van der Waals surface area contributed by atoms with Crippen molar-refractivity contribution in [2.24, 2.45) is 33.5 Å². The predicted molar refractivity (Wildman–Crippen MR) is 270 cm³/mol. The Kier molecular flexibility index (Phi) is 10.1. The van der Waals surface area contributed by atoms with Gasteiger partial charge in [-0.25, -0.2) is 0 Å². The third-order valence-electron chi connectivity index (χ3n) is 19.4. The molecule has 0 aromatic heterocycles. The van der Waals surface area contributed by atoms with Crippen molar-refractivity contribution >= 4 is 11.4 Å². The maximum absolute atomic E-state index is 12.5. The maximum Gasteiger partial charge on any atom is 0.142 e. The normalized spacial score (nSPS) is 34.3. The second-order valence-electron chi connectivity index (χ2n) is 25.9. The van der Waals surface area contributed by atoms with Crippen molar-refractivity contribution in [1.82, 2.24) is 0 Å². The second-order valence-corrected chi connectivity index (χ2v) is 25.9. The number of anilines is 2. The van der Waals surface area contributed by atoms with Crippen LogP contribution < -0.4 is 11.5 Å². The first kappa shape index (κ1) is 43.6. The van der Waals surface area contributed by atoms with Crippen LogP contribution in [0.15, 0.2) is 60.7 Å². The number of nitrogens with two attached hydrogens (primary N) is 2. The number of aryl methyl sites for hydroxylation is 2. The molecule has 4 heteroatoms. The van der Waals surface area contributed by atoms with Gasteiger partial charge >= 0.3 is 0 Å². The highest BCUT2D eigenvalue weighted by atomic mass is 16.3. The van der Waals surface area contributed by atoms with E-state index >= 15 is 0 Å². The summed E-state index contributed by atoms with van der Waals surface area (Å²) < 4.78 is 0. The minimum atomic E-state index is -0.775. The molecule has 4 aromatic carbocycles. The van der Waals surface area contributed by atoms with Gasteiger partial charge in [0.2, 0.25) is 0 Å². The topological polar surface area (TPSA) is 92.5 Å². The van der Waals surface area contributed by atoms with Crippen LogP contribution in [0.5, 0.6) is 11.5 Å². The van der Waals surface area contributed by atoms with Crippen LogP contribution in [0.1, 0.15) is 214 Å². The Morgan fingerprint density at radius 3 is 1.20 bits per heavy atom. The van der Waals surface area contributed by atoms with Gasteiger partial charge in [0.25, 0.3) is 0 Å². The van der Waals surface area contributed by atoms with E-state index in [1.165, 1.54) is 123 Å². The number of nitrogen functional groups attached to an aromatic ring is 2. The zero-order chi connectivity index (χ0) is 45.4. The Bertz CT molecular complexity index is 2340. The van der Waals surface area contributed by atoms with Gasteiger partial charge in [-0.2, -0.15) is 0 Å². The summed E-state index contributed by atoms with van der Waals surface area (Å²) in [5, 5.41) is 25.0. The Morgan fingerprint density at radius 1 is 0.462 bits per heavy atom. The highest BCUT2D eigenvalue weighted by Crippen LogP contribution is 2.73. The number of aromatic hydroxyl groups is 2. The standard InChI is InChI=1S/C61H80N2O2/c1-7-9-11-13-15-39-17-19-45-46-20-18-40(16-14-12-10-8-2)22-48(46)61(47(45)21-39,43-23-49(53(64)51(62)25-43)59-31-41-27-55(3,35-59)33-56(4,28-41)36-59)44-24-50(54(65)52(63)26-44)60-32-42-29-57(5,37-60)34-58(6,30-42)38-60/h17-26,41-42,64-65H,7-16,27-38,62-63H2,1-6H3. The van der Waals surface area contributed by atoms with E-state index in [1.807, 2.05) is 0 Å². The summed E-state index contributed by atoms with van der Waals surface area (Å²) >= 11 is 0. The van der Waals surface area contributed by atoms with E-state index in [9.17, 15) is 10.2 Å². The SMILES string of the molecule is CCCCCCc1ccc2c(c1)C(c1cc(N)c(O)c(C34CC5CC(C)(CC(C)(C5)C3)C4)c1)(c1cc(N)c(O)c(C34CC5CC(C)(CC(C)(C5)C3)C4)c1)c1cc(CCCCCC)ccc1-2. The van der Waals surface area contributed by atoms with E-state index in [0.29, 0.717) is 34.7 Å². The monoisotopic (exact) mass is 873 g/mol. The van der Waals surface area contributed by atoms with Crippen LogP contribution in [0, 0.1) is 33.5 Å². The number of hydrogen-bond donors (Lipinski definition) is 4. The number of benzene rings is 4. The molecule has 4 aromatic rings. The molecule has 0 amide bonds. The van der Waals surface area contributed by atoms with Gasteiger partial charge in [-0.15, -0.1) is 0 Å². The molecule has 0 aliphatic heterocycles. The summed E-state index contributed by atoms with van der Waals surface area (Å²) in [5.74, 6) is 1.93. The molecule has 0 heterocycles. The Balaban J connectivity index is 1.19. The number of hydrogen-bond acceptors (Lipinski definition) is 4. The summed E-state index contributed by atoms with van der Waals surface area (Å²) in [6, 6.07) is 23.9. The summed E-state index contributed by atoms with van der Waals surface area (Å²) in [6.07, 6.45) is 26.2. The maximum atomic E-state index is 12.5. The second kappa shape index (κ2) is 15.0. The third kappa shape index (κ3) is 6.84. The van der Waals surface area contributed by atoms with Crippen molar-refractivity contribution in [2.45, 2.75) is 199 Å². The van der Waals surface area contributed by atoms with Crippen molar-refractivity contribution < 1.29 is 10.2 Å². The Morgan fingerprint density at radius 2 is 0.846 bits per heavy atom. The molecule has 6 N–H and O–H groups in total. The number of fused-ring (bicyclic) bond motifs is 3. The average molecular weight is 873 g/mol. The molecule has 0 radical (unpaired) electrons. The third-order valence-corrected chi connectivity index (χ3v) is 19.4. The lowest BCUT2D eigenvalue weighted by Crippen LogP contribution is -2.57. The molecule has 4 nitrogen and oxygen atoms in total. The molecule has 8 fully saturated rings. The van der Waals surface area contributed by atoms with Gasteiger partial charge in [0, 0.05) is 22.0 Å². The summed E-state index contributed by atoms with van der Waals surface area (Å²) in [7, 11) is 0. The van der Waals surface area contributed by atoms with Crippen molar-refractivity contribution in [3.8, 4) is 22.6 Å². The van der Waals surface area contributed by atoms with E-state index in [1.54, 1.807) is 0 Å². The molecule has 9 aliphatic carbocycles. The van der Waals surface area contributed by atoms with E-state index in [2.05, 4.69) is 102 Å². The summed E-state index contributed by atoms with van der Waals surface area (Å²) in [5.41, 5.74) is 27.9. The van der Waals surface area contributed by atoms with Gasteiger partial charge in [0.1, 0.15) is 11.5 Å². The van der Waals surface area contributed by atoms with Gasteiger partial charge < -0.3 is 21.7 Å². The summed E-state index contributed by atoms with van der Waals surface area (Å²) in [4.78, 5) is 0. The number of phenolic OH excluding ortho intramolecular Hbond substituents is 2. The lowest BCUT2D eigenvalue weighted by molar-refractivity contribution is -0.110. The van der Waals surface area contributed by atoms with Crippen LogP contribution in [-0.2, 0) is 29.1 Å². The predicted octanol–water partition coefficient (Wildman–Crippen LogP) is 15.4. The quantitative estimate of drug-likeness (QED) is 0.0508. The van der Waals surface area contributed by atoms with Crippen molar-refractivity contribution in [3.05, 3.63) is 105 Å². The van der Waals surface area contributed by atoms with Gasteiger partial charge in [0.05, 0.1) is 16.8 Å². The van der Waals surface area contributed by atoms with Crippen LogP contribution in [0.4, 0.5) is 11.4 Å². The van der Waals surface area contributed by atoms with Crippen LogP contribution in [0.3, 0.4) is 0 Å². The van der Waals surface area contributed by atoms with Gasteiger partial charge in [0.15, 0.2) is 0 Å². The molecule has 346 valence electrons. The molecule has 8 saturated carbocycles. The number of rotatable bonds is 14. The number of unbranched alkanes of at least 4 members (excludes halogenated alkanes) is 6. The molecule has 65 heavy (non-hydrogen) atoms. The van der Waals surface area contributed by atoms with Crippen molar-refractivity contribution in [3.63, 3.8) is 0 Å². The molecule has 0 spiro atoms. The minimum Gasteiger partial charge on any atom is -0.505 e. The fourth-order valence-electron chi connectivity index (χ4n) is 19.1. The van der Waals surface area contributed by atoms with Crippen LogP contribution >= 0.6 is 0 Å². The van der Waals surface area contributed by atoms with Crippen molar-refractivity contribution in [1.29, 1.82) is 0 Å². The largest absolute Gasteiger partial charge is 0.505 e. The van der Waals surface area contributed by atoms with Crippen LogP contribution in [0.2, 0.25) is 0 Å². The van der Waals surface area contributed by atoms with E-state index in [-0.39, 0.29) is 32.5 Å². The molecule has 0 saturated heterocycles. The number of phenols is 2.